The van der Waals surface area contributed by atoms with Gasteiger partial charge in [-0.1, -0.05) is 24.3 Å². The second kappa shape index (κ2) is 8.85. The number of anilines is 1. The van der Waals surface area contributed by atoms with E-state index >= 15 is 0 Å². The Bertz CT molecular complexity index is 913. The zero-order chi connectivity index (χ0) is 20.1. The van der Waals surface area contributed by atoms with Crippen molar-refractivity contribution in [2.75, 3.05) is 31.6 Å². The quantitative estimate of drug-likeness (QED) is 0.668. The lowest BCUT2D eigenvalue weighted by atomic mass is 10.00. The number of carbonyl (C=O) groups excluding carboxylic acids is 2. The van der Waals surface area contributed by atoms with Crippen LogP contribution in [-0.2, 0) is 24.3 Å². The number of carbonyl (C=O) groups is 2. The van der Waals surface area contributed by atoms with Crippen LogP contribution in [0.4, 0.5) is 5.69 Å². The Labute approximate surface area is 168 Å². The molecule has 1 aromatic heterocycles. The number of esters is 1. The molecule has 9 heteroatoms. The Morgan fingerprint density at radius 2 is 1.96 bits per heavy atom. The molecule has 1 aliphatic heterocycles. The Kier molecular flexibility index (Phi) is 6.48. The first-order valence-electron chi connectivity index (χ1n) is 8.91. The van der Waals surface area contributed by atoms with Crippen molar-refractivity contribution in [1.29, 1.82) is 0 Å². The average Bonchev–Trinajstić information content (AvgIpc) is 3.27. The van der Waals surface area contributed by atoms with Crippen LogP contribution in [0.25, 0.3) is 0 Å². The highest BCUT2D eigenvalue weighted by atomic mass is 32.2. The van der Waals surface area contributed by atoms with Gasteiger partial charge in [0.15, 0.2) is 6.61 Å². The molecule has 0 aliphatic carbocycles. The summed E-state index contributed by atoms with van der Waals surface area (Å²) in [5, 5.41) is 1.71. The van der Waals surface area contributed by atoms with Crippen LogP contribution in [0.1, 0.15) is 12.8 Å². The minimum absolute atomic E-state index is 0.0712. The van der Waals surface area contributed by atoms with E-state index in [4.69, 9.17) is 4.74 Å². The molecule has 0 spiro atoms. The molecule has 1 saturated heterocycles. The smallest absolute Gasteiger partial charge is 0.310 e. The van der Waals surface area contributed by atoms with Crippen molar-refractivity contribution < 1.29 is 22.7 Å². The lowest BCUT2D eigenvalue weighted by Gasteiger charge is -2.30. The Balaban J connectivity index is 1.56. The topological polar surface area (TPSA) is 84.0 Å². The number of nitrogens with zero attached hydrogens (tertiary/aromatic N) is 2. The number of piperidine rings is 1. The van der Waals surface area contributed by atoms with Gasteiger partial charge < -0.3 is 9.64 Å². The van der Waals surface area contributed by atoms with Gasteiger partial charge in [0, 0.05) is 25.8 Å². The molecule has 1 fully saturated rings. The van der Waals surface area contributed by atoms with E-state index in [0.29, 0.717) is 25.1 Å². The van der Waals surface area contributed by atoms with E-state index in [9.17, 15) is 18.0 Å². The Hall–Kier alpha value is -2.23. The van der Waals surface area contributed by atoms with Gasteiger partial charge in [-0.2, -0.15) is 4.31 Å². The zero-order valence-corrected chi connectivity index (χ0v) is 17.1. The number of ether oxygens (including phenoxy) is 1. The third kappa shape index (κ3) is 4.60. The molecule has 1 aromatic carbocycles. The van der Waals surface area contributed by atoms with E-state index in [-0.39, 0.29) is 23.3 Å². The first kappa shape index (κ1) is 20.5. The molecule has 2 heterocycles. The highest BCUT2D eigenvalue weighted by Crippen LogP contribution is 2.26. The predicted molar refractivity (Wildman–Crippen MR) is 107 cm³/mol. The molecule has 1 amide bonds. The van der Waals surface area contributed by atoms with Crippen LogP contribution in [0.15, 0.2) is 52.1 Å². The minimum atomic E-state index is -3.60. The largest absolute Gasteiger partial charge is 0.455 e. The molecule has 0 saturated carbocycles. The van der Waals surface area contributed by atoms with Crippen molar-refractivity contribution in [3.63, 3.8) is 0 Å². The third-order valence-electron chi connectivity index (χ3n) is 4.66. The van der Waals surface area contributed by atoms with Crippen molar-refractivity contribution in [1.82, 2.24) is 4.31 Å². The number of hydrogen-bond acceptors (Lipinski definition) is 6. The molecule has 0 N–H and O–H groups in total. The van der Waals surface area contributed by atoms with E-state index in [1.165, 1.54) is 9.21 Å². The summed E-state index contributed by atoms with van der Waals surface area (Å²) in [4.78, 5) is 26.1. The molecule has 3 rings (SSSR count). The molecule has 0 bridgehead atoms. The number of sulfonamides is 1. The Morgan fingerprint density at radius 1 is 1.21 bits per heavy atom. The van der Waals surface area contributed by atoms with Crippen LogP contribution < -0.4 is 4.90 Å². The molecule has 1 unspecified atom stereocenters. The van der Waals surface area contributed by atoms with Crippen LogP contribution >= 0.6 is 11.3 Å². The molecule has 28 heavy (non-hydrogen) atoms. The van der Waals surface area contributed by atoms with Crippen LogP contribution in [0.2, 0.25) is 0 Å². The number of amides is 1. The van der Waals surface area contributed by atoms with Gasteiger partial charge in [0.25, 0.3) is 15.9 Å². The van der Waals surface area contributed by atoms with Gasteiger partial charge in [-0.05, 0) is 36.4 Å². The van der Waals surface area contributed by atoms with Gasteiger partial charge in [0.2, 0.25) is 0 Å². The SMILES string of the molecule is CN(C(=O)COC(=O)C1CCCN(S(=O)(=O)c2cccs2)C1)c1ccccc1. The predicted octanol–water partition coefficient (Wildman–Crippen LogP) is 2.36. The number of hydrogen-bond donors (Lipinski definition) is 0. The van der Waals surface area contributed by atoms with Gasteiger partial charge in [0.05, 0.1) is 5.92 Å². The second-order valence-electron chi connectivity index (χ2n) is 6.53. The highest BCUT2D eigenvalue weighted by Gasteiger charge is 2.34. The summed E-state index contributed by atoms with van der Waals surface area (Å²) in [7, 11) is -1.98. The average molecular weight is 423 g/mol. The lowest BCUT2D eigenvalue weighted by Crippen LogP contribution is -2.43. The van der Waals surface area contributed by atoms with Crippen LogP contribution in [0.5, 0.6) is 0 Å². The van der Waals surface area contributed by atoms with Gasteiger partial charge in [-0.25, -0.2) is 8.42 Å². The maximum Gasteiger partial charge on any atom is 0.310 e. The minimum Gasteiger partial charge on any atom is -0.455 e. The lowest BCUT2D eigenvalue weighted by molar-refractivity contribution is -0.153. The molecule has 1 atom stereocenters. The Morgan fingerprint density at radius 3 is 2.64 bits per heavy atom. The molecule has 1 aliphatic rings. The van der Waals surface area contributed by atoms with Gasteiger partial charge in [0.1, 0.15) is 4.21 Å². The summed E-state index contributed by atoms with van der Waals surface area (Å²) in [5.74, 6) is -1.46. The molecular weight excluding hydrogens is 400 g/mol. The standard InChI is InChI=1S/C19H22N2O5S2/c1-20(16-8-3-2-4-9-16)17(22)14-26-19(23)15-7-5-11-21(13-15)28(24,25)18-10-6-12-27-18/h2-4,6,8-10,12,15H,5,7,11,13-14H2,1H3. The van der Waals surface area contributed by atoms with Crippen molar-refractivity contribution in [3.8, 4) is 0 Å². The van der Waals surface area contributed by atoms with Gasteiger partial charge >= 0.3 is 5.97 Å². The van der Waals surface area contributed by atoms with Gasteiger partial charge in [-0.3, -0.25) is 9.59 Å². The van der Waals surface area contributed by atoms with E-state index in [1.54, 1.807) is 36.7 Å². The number of rotatable bonds is 6. The summed E-state index contributed by atoms with van der Waals surface area (Å²) < 4.78 is 32.1. The zero-order valence-electron chi connectivity index (χ0n) is 15.5. The van der Waals surface area contributed by atoms with Crippen molar-refractivity contribution in [2.24, 2.45) is 5.92 Å². The molecular formula is C19H22N2O5S2. The number of benzene rings is 1. The maximum atomic E-state index is 12.7. The van der Waals surface area contributed by atoms with Crippen molar-refractivity contribution in [2.45, 2.75) is 17.1 Å². The number of likely N-dealkylation sites (N-methyl/N-ethyl adjacent to an activating group) is 1. The second-order valence-corrected chi connectivity index (χ2v) is 9.64. The van der Waals surface area contributed by atoms with Gasteiger partial charge in [-0.15, -0.1) is 11.3 Å². The fourth-order valence-corrected chi connectivity index (χ4v) is 5.70. The van der Waals surface area contributed by atoms with Crippen LogP contribution in [0.3, 0.4) is 0 Å². The highest BCUT2D eigenvalue weighted by molar-refractivity contribution is 7.91. The fourth-order valence-electron chi connectivity index (χ4n) is 3.03. The van der Waals surface area contributed by atoms with E-state index in [2.05, 4.69) is 0 Å². The fraction of sp³-hybridized carbons (Fsp3) is 0.368. The summed E-state index contributed by atoms with van der Waals surface area (Å²) in [5.41, 5.74) is 0.703. The van der Waals surface area contributed by atoms with E-state index < -0.39 is 21.9 Å². The van der Waals surface area contributed by atoms with Crippen molar-refractivity contribution in [3.05, 3.63) is 47.8 Å². The number of thiophene rings is 1. The first-order chi connectivity index (χ1) is 13.4. The third-order valence-corrected chi connectivity index (χ3v) is 7.90. The molecule has 150 valence electrons. The molecule has 2 aromatic rings. The van der Waals surface area contributed by atoms with E-state index in [1.807, 2.05) is 18.2 Å². The summed E-state index contributed by atoms with van der Waals surface area (Å²) in [6, 6.07) is 12.3. The maximum absolute atomic E-state index is 12.7. The van der Waals surface area contributed by atoms with Crippen LogP contribution in [-0.4, -0.2) is 51.3 Å². The summed E-state index contributed by atoms with van der Waals surface area (Å²) in [6.45, 7) is 0.0693. The summed E-state index contributed by atoms with van der Waals surface area (Å²) >= 11 is 1.15. The monoisotopic (exact) mass is 422 g/mol. The molecule has 7 nitrogen and oxygen atoms in total. The summed E-state index contributed by atoms with van der Waals surface area (Å²) in [6.07, 6.45) is 1.11. The van der Waals surface area contributed by atoms with Crippen LogP contribution in [0, 0.1) is 5.92 Å². The number of para-hydroxylation sites is 1. The normalized spacial score (nSPS) is 17.8. The first-order valence-corrected chi connectivity index (χ1v) is 11.2. The van der Waals surface area contributed by atoms with E-state index in [0.717, 1.165) is 11.3 Å². The molecule has 0 radical (unpaired) electrons. The van der Waals surface area contributed by atoms with Crippen molar-refractivity contribution >= 4 is 38.9 Å².